The molecule has 2 aromatic rings. The van der Waals surface area contributed by atoms with Gasteiger partial charge in [0.05, 0.1) is 11.4 Å². The SMILES string of the molecule is O=C1c2ccccc2CN1S(=O)(=O)c1ccc(OC(F)(F)F)cc1. The van der Waals surface area contributed by atoms with Crippen LogP contribution < -0.4 is 4.74 Å². The van der Waals surface area contributed by atoms with Gasteiger partial charge in [0.2, 0.25) is 0 Å². The largest absolute Gasteiger partial charge is 0.573 e. The molecule has 0 spiro atoms. The van der Waals surface area contributed by atoms with Gasteiger partial charge in [-0.05, 0) is 35.9 Å². The summed E-state index contributed by atoms with van der Waals surface area (Å²) in [6.45, 7) is -0.113. The van der Waals surface area contributed by atoms with E-state index in [0.717, 1.165) is 24.3 Å². The van der Waals surface area contributed by atoms with Crippen LogP contribution in [-0.4, -0.2) is 25.0 Å². The molecule has 0 N–H and O–H groups in total. The van der Waals surface area contributed by atoms with Crippen LogP contribution in [0.25, 0.3) is 0 Å². The predicted molar refractivity (Wildman–Crippen MR) is 76.6 cm³/mol. The standard InChI is InChI=1S/C15H10F3NO4S/c16-15(17,18)23-11-5-7-12(8-6-11)24(21,22)19-9-10-3-1-2-4-13(10)14(19)20/h1-8H,9H2. The Balaban J connectivity index is 1.88. The van der Waals surface area contributed by atoms with Gasteiger partial charge in [0, 0.05) is 5.56 Å². The highest BCUT2D eigenvalue weighted by Crippen LogP contribution is 2.30. The minimum Gasteiger partial charge on any atom is -0.406 e. The Labute approximate surface area is 135 Å². The molecule has 0 aliphatic carbocycles. The van der Waals surface area contributed by atoms with Crippen LogP contribution in [0, 0.1) is 0 Å². The lowest BCUT2D eigenvalue weighted by Crippen LogP contribution is -2.31. The first-order valence-electron chi connectivity index (χ1n) is 6.69. The number of fused-ring (bicyclic) bond motifs is 1. The molecule has 5 nitrogen and oxygen atoms in total. The lowest BCUT2D eigenvalue weighted by atomic mass is 10.1. The van der Waals surface area contributed by atoms with Crippen LogP contribution in [0.2, 0.25) is 0 Å². The Hall–Kier alpha value is -2.55. The number of ether oxygens (including phenoxy) is 1. The number of hydrogen-bond donors (Lipinski definition) is 0. The topological polar surface area (TPSA) is 63.7 Å². The highest BCUT2D eigenvalue weighted by atomic mass is 32.2. The molecule has 9 heteroatoms. The molecule has 0 saturated carbocycles. The molecule has 0 unspecified atom stereocenters. The second-order valence-corrected chi connectivity index (χ2v) is 6.86. The first-order chi connectivity index (χ1) is 11.2. The number of carbonyl (C=O) groups is 1. The summed E-state index contributed by atoms with van der Waals surface area (Å²) >= 11 is 0. The molecule has 1 aliphatic heterocycles. The van der Waals surface area contributed by atoms with Crippen LogP contribution in [0.15, 0.2) is 53.4 Å². The predicted octanol–water partition coefficient (Wildman–Crippen LogP) is 2.93. The van der Waals surface area contributed by atoms with E-state index in [1.54, 1.807) is 18.2 Å². The second kappa shape index (κ2) is 5.52. The maximum atomic E-state index is 12.6. The summed E-state index contributed by atoms with van der Waals surface area (Å²) < 4.78 is 65.9. The molecule has 0 bridgehead atoms. The molecule has 1 aliphatic rings. The fraction of sp³-hybridized carbons (Fsp3) is 0.133. The van der Waals surface area contributed by atoms with Crippen molar-refractivity contribution in [2.45, 2.75) is 17.8 Å². The molecule has 0 fully saturated rings. The van der Waals surface area contributed by atoms with E-state index in [2.05, 4.69) is 4.74 Å². The molecular weight excluding hydrogens is 347 g/mol. The zero-order chi connectivity index (χ0) is 17.5. The number of carbonyl (C=O) groups excluding carboxylic acids is 1. The van der Waals surface area contributed by atoms with Crippen LogP contribution in [0.4, 0.5) is 13.2 Å². The van der Waals surface area contributed by atoms with Crippen LogP contribution in [-0.2, 0) is 16.6 Å². The van der Waals surface area contributed by atoms with Gasteiger partial charge < -0.3 is 4.74 Å². The monoisotopic (exact) mass is 357 g/mol. The Morgan fingerprint density at radius 3 is 2.21 bits per heavy atom. The minimum absolute atomic E-state index is 0.113. The van der Waals surface area contributed by atoms with Crippen molar-refractivity contribution in [2.75, 3.05) is 0 Å². The molecule has 1 heterocycles. The number of sulfonamides is 1. The van der Waals surface area contributed by atoms with Gasteiger partial charge in [-0.3, -0.25) is 4.79 Å². The highest BCUT2D eigenvalue weighted by Gasteiger charge is 2.37. The maximum absolute atomic E-state index is 12.6. The summed E-state index contributed by atoms with van der Waals surface area (Å²) in [5, 5.41) is 0. The van der Waals surface area contributed by atoms with Crippen LogP contribution in [0.1, 0.15) is 15.9 Å². The fourth-order valence-corrected chi connectivity index (χ4v) is 3.72. The molecule has 0 atom stereocenters. The lowest BCUT2D eigenvalue weighted by molar-refractivity contribution is -0.274. The highest BCUT2D eigenvalue weighted by molar-refractivity contribution is 7.89. The van der Waals surface area contributed by atoms with Crippen molar-refractivity contribution in [2.24, 2.45) is 0 Å². The molecule has 3 rings (SSSR count). The van der Waals surface area contributed by atoms with E-state index < -0.39 is 28.0 Å². The van der Waals surface area contributed by atoms with Gasteiger partial charge in [0.15, 0.2) is 0 Å². The molecule has 2 aromatic carbocycles. The van der Waals surface area contributed by atoms with Crippen molar-refractivity contribution in [1.29, 1.82) is 0 Å². The Morgan fingerprint density at radius 1 is 1.00 bits per heavy atom. The lowest BCUT2D eigenvalue weighted by Gasteiger charge is -2.16. The number of hydrogen-bond acceptors (Lipinski definition) is 4. The van der Waals surface area contributed by atoms with Gasteiger partial charge >= 0.3 is 6.36 Å². The third-order valence-corrected chi connectivity index (χ3v) is 5.18. The summed E-state index contributed by atoms with van der Waals surface area (Å²) in [5.74, 6) is -1.21. The third kappa shape index (κ3) is 2.94. The third-order valence-electron chi connectivity index (χ3n) is 3.43. The average molecular weight is 357 g/mol. The van der Waals surface area contributed by atoms with E-state index in [-0.39, 0.29) is 17.0 Å². The van der Waals surface area contributed by atoms with E-state index in [0.29, 0.717) is 9.87 Å². The van der Waals surface area contributed by atoms with Crippen molar-refractivity contribution in [3.8, 4) is 5.75 Å². The summed E-state index contributed by atoms with van der Waals surface area (Å²) in [7, 11) is -4.17. The average Bonchev–Trinajstić information content (AvgIpc) is 2.85. The number of amides is 1. The van der Waals surface area contributed by atoms with Crippen molar-refractivity contribution < 1.29 is 31.1 Å². The summed E-state index contributed by atoms with van der Waals surface area (Å²) in [6.07, 6.45) is -4.87. The number of rotatable bonds is 3. The molecule has 1 amide bonds. The van der Waals surface area contributed by atoms with E-state index in [4.69, 9.17) is 0 Å². The summed E-state index contributed by atoms with van der Waals surface area (Å²) in [4.78, 5) is 12.0. The summed E-state index contributed by atoms with van der Waals surface area (Å²) in [5.41, 5.74) is 0.862. The normalized spacial score (nSPS) is 14.6. The van der Waals surface area contributed by atoms with Gasteiger partial charge in [-0.15, -0.1) is 13.2 Å². The smallest absolute Gasteiger partial charge is 0.406 e. The zero-order valence-electron chi connectivity index (χ0n) is 11.9. The molecular formula is C15H10F3NO4S. The Morgan fingerprint density at radius 2 is 1.62 bits per heavy atom. The molecule has 0 aromatic heterocycles. The van der Waals surface area contributed by atoms with Gasteiger partial charge in [0.1, 0.15) is 5.75 Å². The number of nitrogens with zero attached hydrogens (tertiary/aromatic N) is 1. The van der Waals surface area contributed by atoms with Crippen molar-refractivity contribution in [1.82, 2.24) is 4.31 Å². The van der Waals surface area contributed by atoms with Gasteiger partial charge in [0.25, 0.3) is 15.9 Å². The van der Waals surface area contributed by atoms with Crippen LogP contribution in [0.3, 0.4) is 0 Å². The molecule has 126 valence electrons. The Kier molecular flexibility index (Phi) is 3.75. The zero-order valence-corrected chi connectivity index (χ0v) is 12.8. The van der Waals surface area contributed by atoms with E-state index in [1.807, 2.05) is 0 Å². The first kappa shape index (κ1) is 16.3. The quantitative estimate of drug-likeness (QED) is 0.847. The van der Waals surface area contributed by atoms with Crippen molar-refractivity contribution in [3.63, 3.8) is 0 Å². The fourth-order valence-electron chi connectivity index (χ4n) is 2.36. The number of benzene rings is 2. The summed E-state index contributed by atoms with van der Waals surface area (Å²) in [6, 6.07) is 10.2. The Bertz CT molecular complexity index is 892. The second-order valence-electron chi connectivity index (χ2n) is 4.99. The number of halogens is 3. The molecule has 0 saturated heterocycles. The van der Waals surface area contributed by atoms with Crippen LogP contribution >= 0.6 is 0 Å². The van der Waals surface area contributed by atoms with E-state index >= 15 is 0 Å². The molecule has 24 heavy (non-hydrogen) atoms. The first-order valence-corrected chi connectivity index (χ1v) is 8.13. The van der Waals surface area contributed by atoms with Gasteiger partial charge in [-0.25, -0.2) is 12.7 Å². The molecule has 0 radical (unpaired) electrons. The maximum Gasteiger partial charge on any atom is 0.573 e. The van der Waals surface area contributed by atoms with Gasteiger partial charge in [-0.1, -0.05) is 18.2 Å². The van der Waals surface area contributed by atoms with E-state index in [1.165, 1.54) is 6.07 Å². The van der Waals surface area contributed by atoms with Crippen molar-refractivity contribution >= 4 is 15.9 Å². The van der Waals surface area contributed by atoms with Gasteiger partial charge in [-0.2, -0.15) is 0 Å². The number of alkyl halides is 3. The van der Waals surface area contributed by atoms with Crippen LogP contribution in [0.5, 0.6) is 5.75 Å². The van der Waals surface area contributed by atoms with E-state index in [9.17, 15) is 26.4 Å². The van der Waals surface area contributed by atoms with Crippen molar-refractivity contribution in [3.05, 3.63) is 59.7 Å². The minimum atomic E-state index is -4.87.